The number of hydrogen-bond donors (Lipinski definition) is 2. The van der Waals surface area contributed by atoms with Gasteiger partial charge in [0.05, 0.1) is 13.1 Å². The van der Waals surface area contributed by atoms with Crippen LogP contribution in [0.1, 0.15) is 142 Å². The average molecular weight is 515 g/mol. The molecule has 0 rings (SSSR count). The summed E-state index contributed by atoms with van der Waals surface area (Å²) >= 11 is 0. The van der Waals surface area contributed by atoms with Gasteiger partial charge in [-0.3, -0.25) is 19.4 Å². The zero-order valence-corrected chi connectivity index (χ0v) is 24.6. The lowest BCUT2D eigenvalue weighted by atomic mass is 10.1. The summed E-state index contributed by atoms with van der Waals surface area (Å²) in [5.41, 5.74) is 0. The summed E-state index contributed by atoms with van der Waals surface area (Å²) in [7, 11) is 3.75. The lowest BCUT2D eigenvalue weighted by Crippen LogP contribution is -2.26. The first-order chi connectivity index (χ1) is 17.3. The Morgan fingerprint density at radius 1 is 0.444 bits per heavy atom. The summed E-state index contributed by atoms with van der Waals surface area (Å²) in [5.74, 6) is -1.46. The van der Waals surface area contributed by atoms with Gasteiger partial charge in [0.1, 0.15) is 0 Å². The molecule has 0 fully saturated rings. The molecule has 36 heavy (non-hydrogen) atoms. The standard InChI is InChI=1S/2C15H31NO2/c2*1-3-4-5-6-7-8-9-10-11-12-13-16(2)14-15(17)18/h2*3-14H2,1-2H3,(H,17,18). The molecule has 0 aliphatic carbocycles. The van der Waals surface area contributed by atoms with E-state index in [4.69, 9.17) is 10.2 Å². The maximum absolute atomic E-state index is 10.5. The number of carboxylic acids is 2. The molecule has 0 saturated carbocycles. The van der Waals surface area contributed by atoms with E-state index in [9.17, 15) is 9.59 Å². The third kappa shape index (κ3) is 35.0. The Hall–Kier alpha value is -1.14. The largest absolute Gasteiger partial charge is 0.480 e. The highest BCUT2D eigenvalue weighted by Crippen LogP contribution is 2.11. The van der Waals surface area contributed by atoms with Crippen LogP contribution in [0.25, 0.3) is 0 Å². The van der Waals surface area contributed by atoms with Crippen molar-refractivity contribution in [3.8, 4) is 0 Å². The first kappa shape index (κ1) is 37.0. The third-order valence-corrected chi connectivity index (χ3v) is 6.60. The van der Waals surface area contributed by atoms with Crippen molar-refractivity contribution in [1.29, 1.82) is 0 Å². The lowest BCUT2D eigenvalue weighted by Gasteiger charge is -2.13. The molecule has 0 aromatic carbocycles. The van der Waals surface area contributed by atoms with Crippen LogP contribution in [0.4, 0.5) is 0 Å². The molecular formula is C30H62N2O4. The number of nitrogens with zero attached hydrogens (tertiary/aromatic N) is 2. The fourth-order valence-electron chi connectivity index (χ4n) is 4.36. The first-order valence-corrected chi connectivity index (χ1v) is 15.1. The monoisotopic (exact) mass is 514 g/mol. The highest BCUT2D eigenvalue weighted by atomic mass is 16.4. The highest BCUT2D eigenvalue weighted by molar-refractivity contribution is 5.69. The molecule has 0 radical (unpaired) electrons. The van der Waals surface area contributed by atoms with Crippen molar-refractivity contribution >= 4 is 11.9 Å². The number of carboxylic acid groups (broad SMARTS) is 2. The van der Waals surface area contributed by atoms with Gasteiger partial charge >= 0.3 is 11.9 Å². The van der Waals surface area contributed by atoms with Crippen molar-refractivity contribution in [1.82, 2.24) is 9.80 Å². The quantitative estimate of drug-likeness (QED) is 0.114. The predicted octanol–water partition coefficient (Wildman–Crippen LogP) is 7.85. The van der Waals surface area contributed by atoms with E-state index >= 15 is 0 Å². The first-order valence-electron chi connectivity index (χ1n) is 15.1. The Morgan fingerprint density at radius 2 is 0.667 bits per heavy atom. The molecule has 0 aliphatic heterocycles. The Morgan fingerprint density at radius 3 is 0.889 bits per heavy atom. The summed E-state index contributed by atoms with van der Waals surface area (Å²) in [4.78, 5) is 24.7. The normalized spacial score (nSPS) is 11.1. The minimum atomic E-state index is -0.732. The zero-order chi connectivity index (χ0) is 27.3. The van der Waals surface area contributed by atoms with Crippen molar-refractivity contribution in [2.75, 3.05) is 40.3 Å². The van der Waals surface area contributed by atoms with Gasteiger partial charge in [0.2, 0.25) is 0 Å². The number of hydrogen-bond acceptors (Lipinski definition) is 4. The molecule has 0 unspecified atom stereocenters. The van der Waals surface area contributed by atoms with Crippen LogP contribution in [0.15, 0.2) is 0 Å². The summed E-state index contributed by atoms with van der Waals surface area (Å²) in [5, 5.41) is 17.2. The number of aliphatic carboxylic acids is 2. The van der Waals surface area contributed by atoms with Crippen LogP contribution in [0.3, 0.4) is 0 Å². The predicted molar refractivity (Wildman–Crippen MR) is 154 cm³/mol. The fraction of sp³-hybridized carbons (Fsp3) is 0.933. The molecule has 0 heterocycles. The van der Waals surface area contributed by atoms with Crippen LogP contribution in [0.2, 0.25) is 0 Å². The van der Waals surface area contributed by atoms with Crippen LogP contribution >= 0.6 is 0 Å². The van der Waals surface area contributed by atoms with Gasteiger partial charge in [-0.05, 0) is 40.0 Å². The number of carbonyl (C=O) groups is 2. The number of likely N-dealkylation sites (N-methyl/N-ethyl adjacent to an activating group) is 2. The summed E-state index contributed by atoms with van der Waals surface area (Å²) < 4.78 is 0. The van der Waals surface area contributed by atoms with Crippen molar-refractivity contribution in [3.05, 3.63) is 0 Å². The molecule has 216 valence electrons. The summed E-state index contributed by atoms with van der Waals surface area (Å²) in [6.07, 6.45) is 26.5. The third-order valence-electron chi connectivity index (χ3n) is 6.60. The van der Waals surface area contributed by atoms with E-state index in [1.165, 1.54) is 116 Å². The summed E-state index contributed by atoms with van der Waals surface area (Å²) in [6, 6.07) is 0. The molecule has 0 aliphatic rings. The van der Waals surface area contributed by atoms with Gasteiger partial charge in [0.25, 0.3) is 0 Å². The fourth-order valence-corrected chi connectivity index (χ4v) is 4.36. The van der Waals surface area contributed by atoms with Gasteiger partial charge in [-0.15, -0.1) is 0 Å². The van der Waals surface area contributed by atoms with Gasteiger partial charge < -0.3 is 10.2 Å². The van der Waals surface area contributed by atoms with E-state index in [1.807, 2.05) is 23.9 Å². The average Bonchev–Trinajstić information content (AvgIpc) is 2.81. The van der Waals surface area contributed by atoms with Gasteiger partial charge in [-0.2, -0.15) is 0 Å². The van der Waals surface area contributed by atoms with Crippen LogP contribution < -0.4 is 0 Å². The lowest BCUT2D eigenvalue weighted by molar-refractivity contribution is -0.139. The maximum atomic E-state index is 10.5. The van der Waals surface area contributed by atoms with Crippen LogP contribution in [0.5, 0.6) is 0 Å². The second kappa shape index (κ2) is 30.1. The van der Waals surface area contributed by atoms with Gasteiger partial charge in [0.15, 0.2) is 0 Å². The van der Waals surface area contributed by atoms with Crippen molar-refractivity contribution in [2.24, 2.45) is 0 Å². The molecule has 6 nitrogen and oxygen atoms in total. The molecule has 0 saturated heterocycles. The molecule has 0 aromatic heterocycles. The second-order valence-electron chi connectivity index (χ2n) is 10.6. The van der Waals surface area contributed by atoms with Gasteiger partial charge in [0, 0.05) is 0 Å². The number of unbranched alkanes of at least 4 members (excludes halogenated alkanes) is 18. The van der Waals surface area contributed by atoms with Crippen molar-refractivity contribution in [2.45, 2.75) is 142 Å². The van der Waals surface area contributed by atoms with Gasteiger partial charge in [-0.25, -0.2) is 0 Å². The Bertz CT molecular complexity index is 432. The highest BCUT2D eigenvalue weighted by Gasteiger charge is 2.04. The molecule has 0 amide bonds. The molecular weight excluding hydrogens is 452 g/mol. The van der Waals surface area contributed by atoms with Crippen LogP contribution in [-0.4, -0.2) is 72.2 Å². The van der Waals surface area contributed by atoms with E-state index in [0.717, 1.165) is 25.9 Å². The molecule has 0 bridgehead atoms. The van der Waals surface area contributed by atoms with E-state index < -0.39 is 11.9 Å². The van der Waals surface area contributed by atoms with Gasteiger partial charge in [-0.1, -0.05) is 129 Å². The van der Waals surface area contributed by atoms with E-state index in [2.05, 4.69) is 13.8 Å². The zero-order valence-electron chi connectivity index (χ0n) is 24.6. The van der Waals surface area contributed by atoms with Crippen molar-refractivity contribution in [3.63, 3.8) is 0 Å². The smallest absolute Gasteiger partial charge is 0.317 e. The molecule has 0 atom stereocenters. The molecule has 6 heteroatoms. The Kier molecular flexibility index (Phi) is 30.9. The molecule has 0 spiro atoms. The minimum absolute atomic E-state index is 0.164. The maximum Gasteiger partial charge on any atom is 0.317 e. The Labute approximate surface area is 224 Å². The van der Waals surface area contributed by atoms with Crippen LogP contribution in [-0.2, 0) is 9.59 Å². The number of rotatable bonds is 26. The van der Waals surface area contributed by atoms with Crippen LogP contribution in [0, 0.1) is 0 Å². The van der Waals surface area contributed by atoms with Crippen molar-refractivity contribution < 1.29 is 19.8 Å². The Balaban J connectivity index is 0. The summed E-state index contributed by atoms with van der Waals surface area (Å²) in [6.45, 7) is 6.64. The minimum Gasteiger partial charge on any atom is -0.480 e. The SMILES string of the molecule is CCCCCCCCCCCCN(C)CC(=O)O.CCCCCCCCCCCCN(C)CC(=O)O. The second-order valence-corrected chi connectivity index (χ2v) is 10.6. The molecule has 2 N–H and O–H groups in total. The van der Waals surface area contributed by atoms with E-state index in [0.29, 0.717) is 0 Å². The molecule has 0 aromatic rings. The topological polar surface area (TPSA) is 81.1 Å². The van der Waals surface area contributed by atoms with E-state index in [-0.39, 0.29) is 13.1 Å². The van der Waals surface area contributed by atoms with E-state index in [1.54, 1.807) is 0 Å².